The van der Waals surface area contributed by atoms with E-state index in [2.05, 4.69) is 66.7 Å². The molecule has 0 heteroatoms. The molecule has 0 aromatic heterocycles. The normalized spacial score (nSPS) is 22.8. The molecule has 0 N–H and O–H groups in total. The van der Waals surface area contributed by atoms with E-state index in [0.717, 1.165) is 0 Å². The van der Waals surface area contributed by atoms with Crippen molar-refractivity contribution in [3.8, 4) is 0 Å². The van der Waals surface area contributed by atoms with E-state index < -0.39 is 0 Å². The van der Waals surface area contributed by atoms with Crippen LogP contribution in [0.4, 0.5) is 0 Å². The molecule has 0 bridgehead atoms. The quantitative estimate of drug-likeness (QED) is 0.446. The maximum Gasteiger partial charge on any atom is -0.0208 e. The van der Waals surface area contributed by atoms with Gasteiger partial charge in [-0.3, -0.25) is 0 Å². The van der Waals surface area contributed by atoms with Gasteiger partial charge in [-0.25, -0.2) is 0 Å². The molecule has 0 saturated carbocycles. The third-order valence-electron chi connectivity index (χ3n) is 3.63. The Labute approximate surface area is 117 Å². The van der Waals surface area contributed by atoms with Crippen LogP contribution in [-0.2, 0) is 0 Å². The molecule has 1 unspecified atom stereocenters. The summed E-state index contributed by atoms with van der Waals surface area (Å²) in [6, 6.07) is 0. The van der Waals surface area contributed by atoms with Gasteiger partial charge in [0.25, 0.3) is 0 Å². The molecule has 1 aliphatic rings. The molecule has 1 atom stereocenters. The molecule has 0 heterocycles. The zero-order chi connectivity index (χ0) is 14.8. The van der Waals surface area contributed by atoms with E-state index >= 15 is 0 Å². The first-order valence-corrected chi connectivity index (χ1v) is 7.60. The van der Waals surface area contributed by atoms with Crippen molar-refractivity contribution in [1.29, 1.82) is 0 Å². The number of hydrogen-bond acceptors (Lipinski definition) is 0. The maximum atomic E-state index is 2.40. The van der Waals surface area contributed by atoms with Crippen LogP contribution < -0.4 is 0 Å². The van der Waals surface area contributed by atoms with Gasteiger partial charge in [-0.2, -0.15) is 0 Å². The molecular weight excluding hydrogens is 216 g/mol. The fourth-order valence-corrected chi connectivity index (χ4v) is 1.65. The molecule has 1 aliphatic carbocycles. The van der Waals surface area contributed by atoms with Gasteiger partial charge in [-0.1, -0.05) is 85.6 Å². The zero-order valence-corrected chi connectivity index (χ0v) is 14.4. The van der Waals surface area contributed by atoms with Gasteiger partial charge in [0.05, 0.1) is 0 Å². The molecule has 18 heavy (non-hydrogen) atoms. The summed E-state index contributed by atoms with van der Waals surface area (Å²) in [5.41, 5.74) is 2.22. The van der Waals surface area contributed by atoms with Gasteiger partial charge in [0.15, 0.2) is 0 Å². The fraction of sp³-hybridized carbons (Fsp3) is 0.778. The average molecular weight is 252 g/mol. The molecule has 108 valence electrons. The molecular formula is C18H36. The number of allylic oxidation sites excluding steroid dienone is 4. The molecule has 0 aromatic carbocycles. The van der Waals surface area contributed by atoms with Crippen LogP contribution >= 0.6 is 0 Å². The van der Waals surface area contributed by atoms with Crippen LogP contribution in [0.2, 0.25) is 0 Å². The third kappa shape index (κ3) is 7.03. The summed E-state index contributed by atoms with van der Waals surface area (Å²) in [5, 5.41) is 0. The first kappa shape index (κ1) is 19.8. The lowest BCUT2D eigenvalue weighted by molar-refractivity contribution is 0.115. The predicted octanol–water partition coefficient (Wildman–Crippen LogP) is 6.78. The van der Waals surface area contributed by atoms with Crippen molar-refractivity contribution >= 4 is 0 Å². The van der Waals surface area contributed by atoms with Crippen molar-refractivity contribution < 1.29 is 0 Å². The first-order chi connectivity index (χ1) is 8.27. The van der Waals surface area contributed by atoms with Crippen LogP contribution in [0.3, 0.4) is 0 Å². The fourth-order valence-electron chi connectivity index (χ4n) is 1.65. The Hall–Kier alpha value is -0.520. The lowest BCUT2D eigenvalue weighted by Crippen LogP contribution is -2.31. The van der Waals surface area contributed by atoms with Crippen molar-refractivity contribution in [3.63, 3.8) is 0 Å². The van der Waals surface area contributed by atoms with Crippen LogP contribution in [0.1, 0.15) is 81.6 Å². The summed E-state index contributed by atoms with van der Waals surface area (Å²) in [6.45, 7) is 19.9. The highest BCUT2D eigenvalue weighted by atomic mass is 14.4. The highest BCUT2D eigenvalue weighted by Crippen LogP contribution is 2.45. The van der Waals surface area contributed by atoms with E-state index in [0.29, 0.717) is 10.8 Å². The Morgan fingerprint density at radius 2 is 1.56 bits per heavy atom. The summed E-state index contributed by atoms with van der Waals surface area (Å²) in [5.74, 6) is 0. The Morgan fingerprint density at radius 1 is 1.11 bits per heavy atom. The van der Waals surface area contributed by atoms with Crippen LogP contribution in [0.15, 0.2) is 23.8 Å². The van der Waals surface area contributed by atoms with Crippen molar-refractivity contribution in [1.82, 2.24) is 0 Å². The zero-order valence-electron chi connectivity index (χ0n) is 14.4. The minimum absolute atomic E-state index is 0.387. The second kappa shape index (κ2) is 9.42. The van der Waals surface area contributed by atoms with E-state index in [4.69, 9.17) is 0 Å². The third-order valence-corrected chi connectivity index (χ3v) is 3.63. The van der Waals surface area contributed by atoms with Gasteiger partial charge in [0.2, 0.25) is 0 Å². The summed E-state index contributed by atoms with van der Waals surface area (Å²) in [4.78, 5) is 0. The van der Waals surface area contributed by atoms with E-state index in [1.165, 1.54) is 24.8 Å². The van der Waals surface area contributed by atoms with Crippen molar-refractivity contribution in [2.75, 3.05) is 0 Å². The molecule has 0 aliphatic heterocycles. The van der Waals surface area contributed by atoms with Crippen LogP contribution in [0.5, 0.6) is 0 Å². The van der Waals surface area contributed by atoms with Crippen molar-refractivity contribution in [3.05, 3.63) is 23.8 Å². The molecule has 0 aromatic rings. The van der Waals surface area contributed by atoms with Gasteiger partial charge >= 0.3 is 0 Å². The molecule has 0 saturated heterocycles. The number of rotatable bonds is 0. The van der Waals surface area contributed by atoms with E-state index in [1.807, 2.05) is 13.8 Å². The lowest BCUT2D eigenvalue weighted by atomic mass is 9.64. The summed E-state index contributed by atoms with van der Waals surface area (Å²) >= 11 is 0. The Morgan fingerprint density at radius 3 is 1.94 bits per heavy atom. The molecule has 0 amide bonds. The minimum Gasteiger partial charge on any atom is -0.0837 e. The van der Waals surface area contributed by atoms with Crippen LogP contribution in [-0.4, -0.2) is 0 Å². The smallest absolute Gasteiger partial charge is 0.0208 e. The summed E-state index contributed by atoms with van der Waals surface area (Å²) < 4.78 is 0. The molecule has 0 nitrogen and oxygen atoms in total. The van der Waals surface area contributed by atoms with Gasteiger partial charge in [-0.05, 0) is 30.6 Å². The standard InChI is InChI=1S/C13H22.C3H8.C2H6/c1-11-7-6-9-13(5,10-8-11)12(2,3)4;1-3-2;1-2/h6-8H,9-10H2,1-5H3;3H2,1-2H3;1-2H3. The van der Waals surface area contributed by atoms with Gasteiger partial charge in [0.1, 0.15) is 0 Å². The number of hydrogen-bond donors (Lipinski definition) is 0. The first-order valence-electron chi connectivity index (χ1n) is 7.60. The Bertz CT molecular complexity index is 250. The Kier molecular flexibility index (Phi) is 10.4. The highest BCUT2D eigenvalue weighted by Gasteiger charge is 2.35. The molecule has 0 spiro atoms. The average Bonchev–Trinajstić information content (AvgIpc) is 2.45. The second-order valence-corrected chi connectivity index (χ2v) is 6.28. The van der Waals surface area contributed by atoms with Crippen molar-refractivity contribution in [2.24, 2.45) is 10.8 Å². The monoisotopic (exact) mass is 252 g/mol. The summed E-state index contributed by atoms with van der Waals surface area (Å²) in [7, 11) is 0. The Balaban J connectivity index is 0. The molecule has 1 rings (SSSR count). The molecule has 0 radical (unpaired) electrons. The topological polar surface area (TPSA) is 0 Å². The van der Waals surface area contributed by atoms with Gasteiger partial charge in [-0.15, -0.1) is 0 Å². The SMILES string of the molecule is CC.CC1=CCC(C)(C(C)(C)C)CC=C1.CCC. The van der Waals surface area contributed by atoms with E-state index in [-0.39, 0.29) is 0 Å². The van der Waals surface area contributed by atoms with Crippen LogP contribution in [0.25, 0.3) is 0 Å². The highest BCUT2D eigenvalue weighted by molar-refractivity contribution is 5.20. The second-order valence-electron chi connectivity index (χ2n) is 6.28. The minimum atomic E-state index is 0.387. The van der Waals surface area contributed by atoms with Crippen molar-refractivity contribution in [2.45, 2.75) is 81.6 Å². The lowest BCUT2D eigenvalue weighted by Gasteiger charge is -2.40. The largest absolute Gasteiger partial charge is 0.0837 e. The molecule has 0 fully saturated rings. The van der Waals surface area contributed by atoms with Gasteiger partial charge < -0.3 is 0 Å². The summed E-state index contributed by atoms with van der Waals surface area (Å²) in [6.07, 6.45) is 10.6. The van der Waals surface area contributed by atoms with E-state index in [1.54, 1.807) is 0 Å². The van der Waals surface area contributed by atoms with Gasteiger partial charge in [0, 0.05) is 0 Å². The predicted molar refractivity (Wildman–Crippen MR) is 87.0 cm³/mol. The van der Waals surface area contributed by atoms with Crippen LogP contribution in [0, 0.1) is 10.8 Å². The van der Waals surface area contributed by atoms with E-state index in [9.17, 15) is 0 Å². The maximum absolute atomic E-state index is 2.40.